The van der Waals surface area contributed by atoms with Gasteiger partial charge in [-0.3, -0.25) is 10.1 Å². The smallest absolute Gasteiger partial charge is 0.269 e. The van der Waals surface area contributed by atoms with Crippen LogP contribution in [0.3, 0.4) is 0 Å². The fraction of sp³-hybridized carbons (Fsp3) is 0.0455. The maximum absolute atomic E-state index is 10.8. The van der Waals surface area contributed by atoms with Crippen LogP contribution in [0.4, 0.5) is 5.69 Å². The Morgan fingerprint density at radius 2 is 2.00 bits per heavy atom. The van der Waals surface area contributed by atoms with E-state index in [9.17, 15) is 15.4 Å². The van der Waals surface area contributed by atoms with Gasteiger partial charge < -0.3 is 4.74 Å². The number of hydrogen-bond donors (Lipinski definition) is 0. The van der Waals surface area contributed by atoms with Gasteiger partial charge in [-0.05, 0) is 36.4 Å². The van der Waals surface area contributed by atoms with Gasteiger partial charge >= 0.3 is 0 Å². The number of allylic oxidation sites excluding steroid dienone is 1. The van der Waals surface area contributed by atoms with Crippen LogP contribution in [0.1, 0.15) is 10.6 Å². The van der Waals surface area contributed by atoms with E-state index in [0.29, 0.717) is 33.1 Å². The van der Waals surface area contributed by atoms with Crippen molar-refractivity contribution in [3.05, 3.63) is 79.7 Å². The Kier molecular flexibility index (Phi) is 5.62. The topological polar surface area (TPSA) is 102 Å². The average Bonchev–Trinajstić information content (AvgIpc) is 3.27. The summed E-state index contributed by atoms with van der Waals surface area (Å²) in [6, 6.07) is 15.6. The summed E-state index contributed by atoms with van der Waals surface area (Å²) in [5.41, 5.74) is 3.00. The molecule has 152 valence electrons. The molecule has 0 aliphatic carbocycles. The molecule has 0 bridgehead atoms. The van der Waals surface area contributed by atoms with E-state index in [4.69, 9.17) is 16.3 Å². The summed E-state index contributed by atoms with van der Waals surface area (Å²) in [4.78, 5) is 19.3. The summed E-state index contributed by atoms with van der Waals surface area (Å²) in [7, 11) is 1.58. The predicted molar refractivity (Wildman–Crippen MR) is 121 cm³/mol. The van der Waals surface area contributed by atoms with E-state index in [1.165, 1.54) is 23.5 Å². The van der Waals surface area contributed by atoms with Gasteiger partial charge in [0.05, 0.1) is 28.8 Å². The van der Waals surface area contributed by atoms with E-state index < -0.39 is 4.92 Å². The molecule has 0 amide bonds. The maximum atomic E-state index is 10.8. The molecule has 31 heavy (non-hydrogen) atoms. The van der Waals surface area contributed by atoms with E-state index in [2.05, 4.69) is 16.0 Å². The molecule has 9 heteroatoms. The number of nitrogens with zero attached hydrogens (tertiary/aromatic N) is 4. The first-order valence-corrected chi connectivity index (χ1v) is 10.2. The lowest BCUT2D eigenvalue weighted by molar-refractivity contribution is -0.384. The second-order valence-corrected chi connectivity index (χ2v) is 7.65. The van der Waals surface area contributed by atoms with Crippen LogP contribution < -0.4 is 4.74 Å². The SMILES string of the molecule is COc1ccc2cc(C=C(C#N)c3nc(-c4ccc([N+](=O)[O-])cc4)cs3)c(Cl)nc2c1. The van der Waals surface area contributed by atoms with E-state index in [0.717, 1.165) is 10.9 Å². The van der Waals surface area contributed by atoms with Gasteiger partial charge in [0.1, 0.15) is 22.0 Å². The fourth-order valence-corrected chi connectivity index (χ4v) is 3.94. The van der Waals surface area contributed by atoms with Crippen molar-refractivity contribution in [1.82, 2.24) is 9.97 Å². The van der Waals surface area contributed by atoms with Crippen LogP contribution in [-0.4, -0.2) is 22.0 Å². The van der Waals surface area contributed by atoms with Gasteiger partial charge in [-0.15, -0.1) is 11.3 Å². The molecule has 0 radical (unpaired) electrons. The number of nitro benzene ring substituents is 1. The number of methoxy groups -OCH3 is 1. The number of thiazole rings is 1. The Balaban J connectivity index is 1.68. The van der Waals surface area contributed by atoms with Crippen molar-refractivity contribution in [2.24, 2.45) is 0 Å². The number of nitro groups is 1. The van der Waals surface area contributed by atoms with Gasteiger partial charge in [-0.1, -0.05) is 11.6 Å². The highest BCUT2D eigenvalue weighted by atomic mass is 35.5. The number of halogens is 1. The summed E-state index contributed by atoms with van der Waals surface area (Å²) >= 11 is 7.66. The zero-order valence-electron chi connectivity index (χ0n) is 16.1. The minimum Gasteiger partial charge on any atom is -0.497 e. The third kappa shape index (κ3) is 4.23. The predicted octanol–water partition coefficient (Wildman–Crippen LogP) is 5.99. The molecule has 0 fully saturated rings. The molecule has 0 N–H and O–H groups in total. The normalized spacial score (nSPS) is 11.3. The van der Waals surface area contributed by atoms with Crippen molar-refractivity contribution in [2.75, 3.05) is 7.11 Å². The van der Waals surface area contributed by atoms with Gasteiger partial charge in [0.2, 0.25) is 0 Å². The molecule has 0 aliphatic rings. The fourth-order valence-electron chi connectivity index (χ4n) is 2.95. The number of non-ortho nitro benzene ring substituents is 1. The number of benzene rings is 2. The number of aromatic nitrogens is 2. The third-order valence-electron chi connectivity index (χ3n) is 4.53. The van der Waals surface area contributed by atoms with Gasteiger partial charge in [-0.25, -0.2) is 9.97 Å². The number of ether oxygens (including phenoxy) is 1. The lowest BCUT2D eigenvalue weighted by Gasteiger charge is -2.05. The van der Waals surface area contributed by atoms with Crippen LogP contribution in [0.2, 0.25) is 5.15 Å². The van der Waals surface area contributed by atoms with Crippen LogP contribution in [0.25, 0.3) is 33.8 Å². The van der Waals surface area contributed by atoms with E-state index in [1.807, 2.05) is 18.2 Å². The molecule has 0 atom stereocenters. The maximum Gasteiger partial charge on any atom is 0.269 e. The van der Waals surface area contributed by atoms with Crippen molar-refractivity contribution in [1.29, 1.82) is 5.26 Å². The largest absolute Gasteiger partial charge is 0.497 e. The summed E-state index contributed by atoms with van der Waals surface area (Å²) < 4.78 is 5.21. The molecule has 2 aromatic carbocycles. The van der Waals surface area contributed by atoms with Crippen LogP contribution in [-0.2, 0) is 0 Å². The zero-order chi connectivity index (χ0) is 22.0. The summed E-state index contributed by atoms with van der Waals surface area (Å²) in [6.07, 6.45) is 1.65. The quantitative estimate of drug-likeness (QED) is 0.161. The van der Waals surface area contributed by atoms with Crippen LogP contribution >= 0.6 is 22.9 Å². The molecule has 2 aromatic heterocycles. The van der Waals surface area contributed by atoms with Crippen LogP contribution in [0, 0.1) is 21.4 Å². The minimum absolute atomic E-state index is 0.00730. The second-order valence-electron chi connectivity index (χ2n) is 6.44. The molecular formula is C22H13ClN4O3S. The Morgan fingerprint density at radius 3 is 2.68 bits per heavy atom. The first-order valence-electron chi connectivity index (χ1n) is 8.95. The third-order valence-corrected chi connectivity index (χ3v) is 5.71. The van der Waals surface area contributed by atoms with Gasteiger partial charge in [0.25, 0.3) is 5.69 Å². The monoisotopic (exact) mass is 448 g/mol. The Morgan fingerprint density at radius 1 is 1.23 bits per heavy atom. The summed E-state index contributed by atoms with van der Waals surface area (Å²) in [6.45, 7) is 0. The Hall–Kier alpha value is -3.80. The van der Waals surface area contributed by atoms with Crippen molar-refractivity contribution < 1.29 is 9.66 Å². The molecule has 0 aliphatic heterocycles. The minimum atomic E-state index is -0.454. The highest BCUT2D eigenvalue weighted by Gasteiger charge is 2.13. The molecular weight excluding hydrogens is 436 g/mol. The van der Waals surface area contributed by atoms with Crippen molar-refractivity contribution >= 4 is 51.2 Å². The molecule has 4 rings (SSSR count). The molecule has 7 nitrogen and oxygen atoms in total. The molecule has 0 spiro atoms. The number of nitriles is 1. The first-order chi connectivity index (χ1) is 15.0. The number of hydrogen-bond acceptors (Lipinski definition) is 7. The summed E-state index contributed by atoms with van der Waals surface area (Å²) in [5.74, 6) is 0.679. The number of rotatable bonds is 5. The molecule has 2 heterocycles. The van der Waals surface area contributed by atoms with E-state index in [-0.39, 0.29) is 10.8 Å². The van der Waals surface area contributed by atoms with Gasteiger partial charge in [0, 0.05) is 40.1 Å². The standard InChI is InChI=1S/C22H13ClN4O3S/c1-30-18-7-4-14-8-15(21(23)25-19(14)10-18)9-16(11-24)22-26-20(12-31-22)13-2-5-17(6-3-13)27(28)29/h2-10,12H,1H3. The molecule has 0 saturated carbocycles. The average molecular weight is 449 g/mol. The Bertz CT molecular complexity index is 1370. The highest BCUT2D eigenvalue weighted by molar-refractivity contribution is 7.11. The zero-order valence-corrected chi connectivity index (χ0v) is 17.6. The Labute approximate surface area is 186 Å². The molecule has 0 unspecified atom stereocenters. The molecule has 0 saturated heterocycles. The van der Waals surface area contributed by atoms with Crippen molar-refractivity contribution in [3.8, 4) is 23.1 Å². The van der Waals surface area contributed by atoms with E-state index in [1.54, 1.807) is 36.8 Å². The number of pyridine rings is 1. The first kappa shape index (κ1) is 20.5. The molecule has 4 aromatic rings. The van der Waals surface area contributed by atoms with Gasteiger partial charge in [-0.2, -0.15) is 5.26 Å². The van der Waals surface area contributed by atoms with E-state index >= 15 is 0 Å². The lowest BCUT2D eigenvalue weighted by atomic mass is 10.1. The second kappa shape index (κ2) is 8.52. The van der Waals surface area contributed by atoms with Crippen LogP contribution in [0.15, 0.2) is 53.9 Å². The van der Waals surface area contributed by atoms with Crippen LogP contribution in [0.5, 0.6) is 5.75 Å². The van der Waals surface area contributed by atoms with Crippen molar-refractivity contribution in [2.45, 2.75) is 0 Å². The number of fused-ring (bicyclic) bond motifs is 1. The van der Waals surface area contributed by atoms with Gasteiger partial charge in [0.15, 0.2) is 0 Å². The van der Waals surface area contributed by atoms with Crippen molar-refractivity contribution in [3.63, 3.8) is 0 Å². The summed E-state index contributed by atoms with van der Waals surface area (Å²) in [5, 5.41) is 23.9. The highest BCUT2D eigenvalue weighted by Crippen LogP contribution is 2.30. The lowest BCUT2D eigenvalue weighted by Crippen LogP contribution is -1.89.